The van der Waals surface area contributed by atoms with Crippen LogP contribution in [0, 0.1) is 18.8 Å². The van der Waals surface area contributed by atoms with Crippen LogP contribution in [0.2, 0.25) is 0 Å². The standard InChI is InChI=1S/C15H22N4O2S/c1-10-14(22-18-17-10)15(21)19-6-4-11(5-7-19)8-13(20)16-9-12-2-3-12/h11-12H,2-9H2,1H3,(H,16,20). The number of amides is 2. The summed E-state index contributed by atoms with van der Waals surface area (Å²) < 4.78 is 3.82. The number of likely N-dealkylation sites (tertiary alicyclic amines) is 1. The van der Waals surface area contributed by atoms with Crippen LogP contribution in [0.1, 0.15) is 47.5 Å². The van der Waals surface area contributed by atoms with Gasteiger partial charge in [-0.2, -0.15) is 0 Å². The average Bonchev–Trinajstić information content (AvgIpc) is 3.25. The number of hydrogen-bond acceptors (Lipinski definition) is 5. The number of aromatic nitrogens is 2. The van der Waals surface area contributed by atoms with Gasteiger partial charge in [0.15, 0.2) is 0 Å². The van der Waals surface area contributed by atoms with E-state index < -0.39 is 0 Å². The van der Waals surface area contributed by atoms with Gasteiger partial charge in [-0.3, -0.25) is 9.59 Å². The first-order valence-electron chi connectivity index (χ1n) is 7.98. The van der Waals surface area contributed by atoms with Crippen molar-refractivity contribution in [2.75, 3.05) is 19.6 Å². The molecule has 2 fully saturated rings. The van der Waals surface area contributed by atoms with Crippen LogP contribution < -0.4 is 5.32 Å². The van der Waals surface area contributed by atoms with Gasteiger partial charge in [0, 0.05) is 26.1 Å². The second-order valence-corrected chi connectivity index (χ2v) is 7.13. The highest BCUT2D eigenvalue weighted by Crippen LogP contribution is 2.28. The third-order valence-electron chi connectivity index (χ3n) is 4.51. The highest BCUT2D eigenvalue weighted by Gasteiger charge is 2.27. The van der Waals surface area contributed by atoms with Crippen LogP contribution in [0.3, 0.4) is 0 Å². The number of aryl methyl sites for hydroxylation is 1. The van der Waals surface area contributed by atoms with Gasteiger partial charge in [-0.1, -0.05) is 4.49 Å². The zero-order chi connectivity index (χ0) is 15.5. The van der Waals surface area contributed by atoms with E-state index in [0.29, 0.717) is 22.9 Å². The molecule has 2 aliphatic rings. The molecule has 7 heteroatoms. The van der Waals surface area contributed by atoms with E-state index in [4.69, 9.17) is 0 Å². The van der Waals surface area contributed by atoms with Gasteiger partial charge >= 0.3 is 0 Å². The topological polar surface area (TPSA) is 75.2 Å². The van der Waals surface area contributed by atoms with Crippen molar-refractivity contribution in [1.29, 1.82) is 0 Å². The number of carbonyl (C=O) groups excluding carboxylic acids is 2. The van der Waals surface area contributed by atoms with E-state index >= 15 is 0 Å². The minimum Gasteiger partial charge on any atom is -0.356 e. The summed E-state index contributed by atoms with van der Waals surface area (Å²) >= 11 is 1.16. The Morgan fingerprint density at radius 1 is 1.23 bits per heavy atom. The molecule has 22 heavy (non-hydrogen) atoms. The monoisotopic (exact) mass is 322 g/mol. The third-order valence-corrected chi connectivity index (χ3v) is 5.32. The van der Waals surface area contributed by atoms with E-state index in [1.54, 1.807) is 0 Å². The lowest BCUT2D eigenvalue weighted by Crippen LogP contribution is -2.39. The fourth-order valence-electron chi connectivity index (χ4n) is 2.83. The van der Waals surface area contributed by atoms with Crippen molar-refractivity contribution in [3.05, 3.63) is 10.6 Å². The second kappa shape index (κ2) is 6.73. The van der Waals surface area contributed by atoms with Crippen LogP contribution in [-0.4, -0.2) is 45.9 Å². The largest absolute Gasteiger partial charge is 0.356 e. The zero-order valence-corrected chi connectivity index (χ0v) is 13.7. The highest BCUT2D eigenvalue weighted by atomic mass is 32.1. The van der Waals surface area contributed by atoms with Crippen LogP contribution >= 0.6 is 11.5 Å². The number of hydrogen-bond donors (Lipinski definition) is 1. The van der Waals surface area contributed by atoms with Gasteiger partial charge in [0.1, 0.15) is 4.88 Å². The molecular formula is C15H22N4O2S. The summed E-state index contributed by atoms with van der Waals surface area (Å²) in [5, 5.41) is 6.92. The number of nitrogens with zero attached hydrogens (tertiary/aromatic N) is 3. The summed E-state index contributed by atoms with van der Waals surface area (Å²) in [6, 6.07) is 0. The van der Waals surface area contributed by atoms with Gasteiger partial charge in [0.2, 0.25) is 5.91 Å². The lowest BCUT2D eigenvalue weighted by molar-refractivity contribution is -0.122. The molecule has 0 spiro atoms. The van der Waals surface area contributed by atoms with Gasteiger partial charge in [-0.05, 0) is 56.0 Å². The van der Waals surface area contributed by atoms with E-state index in [1.165, 1.54) is 12.8 Å². The molecule has 1 saturated heterocycles. The lowest BCUT2D eigenvalue weighted by Gasteiger charge is -2.31. The van der Waals surface area contributed by atoms with E-state index in [-0.39, 0.29) is 11.8 Å². The molecular weight excluding hydrogens is 300 g/mol. The average molecular weight is 322 g/mol. The molecule has 1 aromatic rings. The van der Waals surface area contributed by atoms with Crippen LogP contribution in [-0.2, 0) is 4.79 Å². The van der Waals surface area contributed by atoms with Crippen molar-refractivity contribution in [3.8, 4) is 0 Å². The molecule has 1 aliphatic carbocycles. The Kier molecular flexibility index (Phi) is 4.71. The molecule has 0 radical (unpaired) electrons. The van der Waals surface area contributed by atoms with Crippen LogP contribution in [0.15, 0.2) is 0 Å². The predicted octanol–water partition coefficient (Wildman–Crippen LogP) is 1.62. The van der Waals surface area contributed by atoms with Crippen molar-refractivity contribution >= 4 is 23.3 Å². The Bertz CT molecular complexity index is 547. The van der Waals surface area contributed by atoms with E-state index in [9.17, 15) is 9.59 Å². The first-order valence-corrected chi connectivity index (χ1v) is 8.75. The summed E-state index contributed by atoms with van der Waals surface area (Å²) in [4.78, 5) is 26.8. The molecule has 1 aromatic heterocycles. The number of carbonyl (C=O) groups is 2. The quantitative estimate of drug-likeness (QED) is 0.894. The van der Waals surface area contributed by atoms with Crippen molar-refractivity contribution in [2.24, 2.45) is 11.8 Å². The van der Waals surface area contributed by atoms with Crippen molar-refractivity contribution in [1.82, 2.24) is 19.8 Å². The maximum atomic E-state index is 12.4. The summed E-state index contributed by atoms with van der Waals surface area (Å²) in [6.45, 7) is 4.09. The molecule has 1 aliphatic heterocycles. The van der Waals surface area contributed by atoms with Gasteiger partial charge < -0.3 is 10.2 Å². The van der Waals surface area contributed by atoms with Crippen molar-refractivity contribution in [2.45, 2.75) is 39.0 Å². The molecule has 0 bridgehead atoms. The van der Waals surface area contributed by atoms with Gasteiger partial charge in [0.25, 0.3) is 5.91 Å². The molecule has 0 aromatic carbocycles. The van der Waals surface area contributed by atoms with Crippen LogP contribution in [0.5, 0.6) is 0 Å². The molecule has 3 rings (SSSR count). The van der Waals surface area contributed by atoms with Crippen LogP contribution in [0.4, 0.5) is 0 Å². The molecule has 0 atom stereocenters. The SMILES string of the molecule is Cc1nnsc1C(=O)N1CCC(CC(=O)NCC2CC2)CC1. The van der Waals surface area contributed by atoms with Gasteiger partial charge in [-0.25, -0.2) is 0 Å². The second-order valence-electron chi connectivity index (χ2n) is 6.37. The van der Waals surface area contributed by atoms with E-state index in [2.05, 4.69) is 14.9 Å². The molecule has 1 N–H and O–H groups in total. The molecule has 0 unspecified atom stereocenters. The van der Waals surface area contributed by atoms with Gasteiger partial charge in [-0.15, -0.1) is 5.10 Å². The smallest absolute Gasteiger partial charge is 0.267 e. The molecule has 1 saturated carbocycles. The lowest BCUT2D eigenvalue weighted by atomic mass is 9.93. The number of rotatable bonds is 5. The molecule has 2 heterocycles. The summed E-state index contributed by atoms with van der Waals surface area (Å²) in [5.41, 5.74) is 0.705. The van der Waals surface area contributed by atoms with Gasteiger partial charge in [0.05, 0.1) is 5.69 Å². The Morgan fingerprint density at radius 2 is 1.95 bits per heavy atom. The Balaban J connectivity index is 1.42. The third kappa shape index (κ3) is 3.82. The number of nitrogens with one attached hydrogen (secondary N) is 1. The minimum absolute atomic E-state index is 0.0316. The maximum Gasteiger partial charge on any atom is 0.267 e. The van der Waals surface area contributed by atoms with Crippen molar-refractivity contribution < 1.29 is 9.59 Å². The normalized spacial score (nSPS) is 19.2. The maximum absolute atomic E-state index is 12.4. The number of piperidine rings is 1. The fourth-order valence-corrected chi connectivity index (χ4v) is 3.45. The van der Waals surface area contributed by atoms with Crippen molar-refractivity contribution in [3.63, 3.8) is 0 Å². The summed E-state index contributed by atoms with van der Waals surface area (Å²) in [7, 11) is 0. The fraction of sp³-hybridized carbons (Fsp3) is 0.733. The minimum atomic E-state index is 0.0316. The van der Waals surface area contributed by atoms with E-state index in [1.807, 2.05) is 11.8 Å². The first-order chi connectivity index (χ1) is 10.6. The summed E-state index contributed by atoms with van der Waals surface area (Å²) in [6.07, 6.45) is 4.90. The highest BCUT2D eigenvalue weighted by molar-refractivity contribution is 7.07. The zero-order valence-electron chi connectivity index (χ0n) is 12.9. The Labute approximate surface area is 134 Å². The van der Waals surface area contributed by atoms with E-state index in [0.717, 1.165) is 49.9 Å². The predicted molar refractivity (Wildman–Crippen MR) is 83.6 cm³/mol. The molecule has 6 nitrogen and oxygen atoms in total. The molecule has 120 valence electrons. The van der Waals surface area contributed by atoms with Crippen LogP contribution in [0.25, 0.3) is 0 Å². The molecule has 2 amide bonds. The Morgan fingerprint density at radius 3 is 2.55 bits per heavy atom. The Hall–Kier alpha value is -1.50. The first kappa shape index (κ1) is 15.4. The summed E-state index contributed by atoms with van der Waals surface area (Å²) in [5.74, 6) is 1.31.